The molecule has 0 saturated heterocycles. The summed E-state index contributed by atoms with van der Waals surface area (Å²) < 4.78 is 1.78. The molecule has 4 aromatic rings. The molecular weight excluding hydrogens is 320 g/mol. The first-order chi connectivity index (χ1) is 11.7. The van der Waals surface area contributed by atoms with E-state index in [1.165, 1.54) is 11.3 Å². The first-order valence-corrected chi connectivity index (χ1v) is 8.08. The summed E-state index contributed by atoms with van der Waals surface area (Å²) in [5.41, 5.74) is 9.73. The number of hydrogen-bond acceptors (Lipinski definition) is 6. The van der Waals surface area contributed by atoms with Gasteiger partial charge in [-0.3, -0.25) is 0 Å². The van der Waals surface area contributed by atoms with Crippen LogP contribution in [-0.4, -0.2) is 20.0 Å². The van der Waals surface area contributed by atoms with Crippen molar-refractivity contribution in [2.45, 2.75) is 6.92 Å². The molecule has 0 amide bonds. The van der Waals surface area contributed by atoms with Gasteiger partial charge in [0.1, 0.15) is 21.5 Å². The first kappa shape index (κ1) is 14.4. The molecule has 0 aliphatic carbocycles. The average molecular weight is 332 g/mol. The average Bonchev–Trinajstić information content (AvgIpc) is 3.15. The van der Waals surface area contributed by atoms with Gasteiger partial charge in [0.2, 0.25) is 0 Å². The Hall–Kier alpha value is -3.24. The van der Waals surface area contributed by atoms with Gasteiger partial charge >= 0.3 is 0 Å². The zero-order chi connectivity index (χ0) is 16.7. The number of para-hydroxylation sites is 1. The van der Waals surface area contributed by atoms with Crippen LogP contribution in [-0.2, 0) is 0 Å². The number of hydrogen-bond donors (Lipinski definition) is 1. The smallest absolute Gasteiger partial charge is 0.134 e. The van der Waals surface area contributed by atoms with E-state index >= 15 is 0 Å². The first-order valence-electron chi connectivity index (χ1n) is 7.26. The quantitative estimate of drug-likeness (QED) is 0.608. The maximum absolute atomic E-state index is 9.11. The van der Waals surface area contributed by atoms with Crippen molar-refractivity contribution in [3.8, 4) is 23.1 Å². The number of rotatable bonds is 2. The monoisotopic (exact) mass is 332 g/mol. The van der Waals surface area contributed by atoms with Gasteiger partial charge in [0, 0.05) is 5.39 Å². The Balaban J connectivity index is 1.84. The molecule has 24 heavy (non-hydrogen) atoms. The minimum absolute atomic E-state index is 0.485. The van der Waals surface area contributed by atoms with Crippen molar-refractivity contribution >= 4 is 27.2 Å². The largest absolute Gasteiger partial charge is 0.396 e. The molecule has 0 spiro atoms. The lowest BCUT2D eigenvalue weighted by atomic mass is 10.2. The molecule has 4 rings (SSSR count). The normalized spacial score (nSPS) is 10.8. The minimum atomic E-state index is 0.485. The third kappa shape index (κ3) is 2.13. The highest BCUT2D eigenvalue weighted by molar-refractivity contribution is 7.19. The predicted molar refractivity (Wildman–Crippen MR) is 93.8 cm³/mol. The molecule has 0 fully saturated rings. The van der Waals surface area contributed by atoms with E-state index < -0.39 is 0 Å². The van der Waals surface area contributed by atoms with Gasteiger partial charge in [-0.2, -0.15) is 5.26 Å². The summed E-state index contributed by atoms with van der Waals surface area (Å²) in [5.74, 6) is 0. The molecule has 0 radical (unpaired) electrons. The van der Waals surface area contributed by atoms with Crippen LogP contribution in [0.1, 0.15) is 10.6 Å². The Morgan fingerprint density at radius 3 is 2.71 bits per heavy atom. The fraction of sp³-hybridized carbons (Fsp3) is 0.0588. The van der Waals surface area contributed by atoms with Gasteiger partial charge in [-0.1, -0.05) is 23.4 Å². The number of nitrogen functional groups attached to an aromatic ring is 1. The van der Waals surface area contributed by atoms with Crippen molar-refractivity contribution in [1.29, 1.82) is 5.26 Å². The molecular formula is C17H12N6S. The number of benzene rings is 1. The molecule has 3 heterocycles. The zero-order valence-electron chi connectivity index (χ0n) is 12.8. The van der Waals surface area contributed by atoms with E-state index in [2.05, 4.69) is 21.4 Å². The van der Waals surface area contributed by atoms with Gasteiger partial charge in [0.25, 0.3) is 0 Å². The van der Waals surface area contributed by atoms with Gasteiger partial charge < -0.3 is 5.73 Å². The highest BCUT2D eigenvalue weighted by atomic mass is 32.1. The van der Waals surface area contributed by atoms with Crippen LogP contribution in [0.5, 0.6) is 0 Å². The molecule has 7 heteroatoms. The summed E-state index contributed by atoms with van der Waals surface area (Å²) >= 11 is 1.29. The number of anilines is 1. The molecule has 0 unspecified atom stereocenters. The van der Waals surface area contributed by atoms with E-state index in [1.54, 1.807) is 4.68 Å². The van der Waals surface area contributed by atoms with Crippen molar-refractivity contribution in [3.05, 3.63) is 53.0 Å². The fourth-order valence-electron chi connectivity index (χ4n) is 2.59. The van der Waals surface area contributed by atoms with Crippen LogP contribution < -0.4 is 5.73 Å². The van der Waals surface area contributed by atoms with Crippen LogP contribution in [0.25, 0.3) is 27.3 Å². The van der Waals surface area contributed by atoms with Crippen LogP contribution in [0.15, 0.2) is 42.5 Å². The second kappa shape index (κ2) is 5.44. The number of nitrogens with zero attached hydrogens (tertiary/aromatic N) is 5. The second-order valence-electron chi connectivity index (χ2n) is 5.28. The number of aromatic nitrogens is 4. The van der Waals surface area contributed by atoms with E-state index in [-0.39, 0.29) is 0 Å². The molecule has 6 nitrogen and oxygen atoms in total. The van der Waals surface area contributed by atoms with Crippen LogP contribution in [0, 0.1) is 18.3 Å². The Kier molecular flexibility index (Phi) is 3.25. The van der Waals surface area contributed by atoms with Crippen molar-refractivity contribution < 1.29 is 0 Å². The summed E-state index contributed by atoms with van der Waals surface area (Å²) in [7, 11) is 0. The summed E-state index contributed by atoms with van der Waals surface area (Å²) in [4.78, 5) is 5.83. The lowest BCUT2D eigenvalue weighted by Gasteiger charge is -2.03. The number of fused-ring (bicyclic) bond motifs is 1. The SMILES string of the molecule is Cc1c(-c2ccc3c(N)c(C#N)sc3n2)nnn1-c1ccccc1. The Morgan fingerprint density at radius 2 is 1.96 bits per heavy atom. The van der Waals surface area contributed by atoms with Gasteiger partial charge in [-0.05, 0) is 31.2 Å². The molecule has 2 N–H and O–H groups in total. The number of thiophene rings is 1. The third-order valence-corrected chi connectivity index (χ3v) is 4.85. The summed E-state index contributed by atoms with van der Waals surface area (Å²) in [6.07, 6.45) is 0. The number of nitrogens with two attached hydrogens (primary N) is 1. The van der Waals surface area contributed by atoms with Crippen LogP contribution in [0.4, 0.5) is 5.69 Å². The zero-order valence-corrected chi connectivity index (χ0v) is 13.6. The highest BCUT2D eigenvalue weighted by Crippen LogP contribution is 2.33. The van der Waals surface area contributed by atoms with E-state index in [1.807, 2.05) is 49.4 Å². The maximum Gasteiger partial charge on any atom is 0.134 e. The third-order valence-electron chi connectivity index (χ3n) is 3.83. The van der Waals surface area contributed by atoms with E-state index in [9.17, 15) is 0 Å². The van der Waals surface area contributed by atoms with E-state index in [0.29, 0.717) is 22.0 Å². The number of nitriles is 1. The fourth-order valence-corrected chi connectivity index (χ4v) is 3.48. The highest BCUT2D eigenvalue weighted by Gasteiger charge is 2.16. The Bertz CT molecular complexity index is 1090. The van der Waals surface area contributed by atoms with Gasteiger partial charge in [-0.25, -0.2) is 9.67 Å². The Labute approximate surface area is 141 Å². The molecule has 0 aliphatic rings. The van der Waals surface area contributed by atoms with Crippen LogP contribution in [0.2, 0.25) is 0 Å². The molecule has 0 aliphatic heterocycles. The van der Waals surface area contributed by atoms with Crippen molar-refractivity contribution in [1.82, 2.24) is 20.0 Å². The standard InChI is InChI=1S/C17H12N6S/c1-10-16(21-22-23(10)11-5-3-2-4-6-11)13-8-7-12-15(19)14(9-18)24-17(12)20-13/h2-8H,19H2,1H3. The molecule has 0 atom stereocenters. The summed E-state index contributed by atoms with van der Waals surface area (Å²) in [6, 6.07) is 15.7. The molecule has 3 aromatic heterocycles. The lowest BCUT2D eigenvalue weighted by molar-refractivity contribution is 0.785. The molecule has 0 saturated carbocycles. The van der Waals surface area contributed by atoms with E-state index in [4.69, 9.17) is 11.0 Å². The Morgan fingerprint density at radius 1 is 1.17 bits per heavy atom. The molecule has 0 bridgehead atoms. The predicted octanol–water partition coefficient (Wildman–Crippen LogP) is 3.31. The maximum atomic E-state index is 9.11. The van der Waals surface area contributed by atoms with Crippen molar-refractivity contribution in [3.63, 3.8) is 0 Å². The van der Waals surface area contributed by atoms with Crippen LogP contribution in [0.3, 0.4) is 0 Å². The van der Waals surface area contributed by atoms with Crippen LogP contribution >= 0.6 is 11.3 Å². The summed E-state index contributed by atoms with van der Waals surface area (Å²) in [5, 5.41) is 18.4. The van der Waals surface area contributed by atoms with Gasteiger partial charge in [0.15, 0.2) is 0 Å². The molecule has 116 valence electrons. The topological polar surface area (TPSA) is 93.4 Å². The minimum Gasteiger partial charge on any atom is -0.396 e. The van der Waals surface area contributed by atoms with Crippen molar-refractivity contribution in [2.75, 3.05) is 5.73 Å². The van der Waals surface area contributed by atoms with Gasteiger partial charge in [0.05, 0.1) is 22.8 Å². The number of pyridine rings is 1. The summed E-state index contributed by atoms with van der Waals surface area (Å²) in [6.45, 7) is 1.96. The van der Waals surface area contributed by atoms with E-state index in [0.717, 1.165) is 21.6 Å². The van der Waals surface area contributed by atoms with Gasteiger partial charge in [-0.15, -0.1) is 16.4 Å². The van der Waals surface area contributed by atoms with Crippen molar-refractivity contribution in [2.24, 2.45) is 0 Å². The lowest BCUT2D eigenvalue weighted by Crippen LogP contribution is -1.98. The second-order valence-corrected chi connectivity index (χ2v) is 6.28. The molecule has 1 aromatic carbocycles.